The topological polar surface area (TPSA) is 55.4 Å². The molecule has 1 aliphatic rings. The first-order valence-corrected chi connectivity index (χ1v) is 22.8. The van der Waals surface area contributed by atoms with Crippen LogP contribution in [0.15, 0.2) is 12.7 Å². The average molecular weight is 665 g/mol. The minimum absolute atomic E-state index is 0.0101. The number of methoxy groups -OCH3 is 3. The largest absolute Gasteiger partial charge is 0.496 e. The van der Waals surface area contributed by atoms with Crippen molar-refractivity contribution in [3.63, 3.8) is 0 Å². The first kappa shape index (κ1) is 39.9. The van der Waals surface area contributed by atoms with Crippen molar-refractivity contribution in [2.24, 2.45) is 17.8 Å². The maximum absolute atomic E-state index is 7.31. The van der Waals surface area contributed by atoms with Gasteiger partial charge in [-0.2, -0.15) is 0 Å². The molecule has 0 radical (unpaired) electrons. The zero-order chi connectivity index (χ0) is 34.7. The SMILES string of the molecule is C=CCc1c(OC)c(C)c(OC)c(OC)c1[C@@H]1O[C@H](CC[C@H](C)CO[Si](C)(C)C(C)(C)C)[C@H](C)[C@H](O[Si](C)(C)C(C)(C)C)[C@H]1C. The van der Waals surface area contributed by atoms with Gasteiger partial charge in [-0.05, 0) is 68.4 Å². The van der Waals surface area contributed by atoms with E-state index in [-0.39, 0.29) is 40.2 Å². The highest BCUT2D eigenvalue weighted by molar-refractivity contribution is 6.74. The monoisotopic (exact) mass is 664 g/mol. The lowest BCUT2D eigenvalue weighted by molar-refractivity contribution is -0.165. The van der Waals surface area contributed by atoms with E-state index < -0.39 is 16.6 Å². The Labute approximate surface area is 279 Å². The van der Waals surface area contributed by atoms with Crippen LogP contribution in [0.2, 0.25) is 36.3 Å². The first-order chi connectivity index (χ1) is 20.6. The van der Waals surface area contributed by atoms with Gasteiger partial charge in [-0.3, -0.25) is 0 Å². The van der Waals surface area contributed by atoms with Gasteiger partial charge in [0, 0.05) is 35.1 Å². The van der Waals surface area contributed by atoms with Gasteiger partial charge in [-0.15, -0.1) is 6.58 Å². The molecule has 0 amide bonds. The van der Waals surface area contributed by atoms with Gasteiger partial charge in [-0.1, -0.05) is 68.4 Å². The molecule has 1 aromatic rings. The number of rotatable bonds is 14. The Bertz CT molecular complexity index is 1130. The normalized spacial score (nSPS) is 23.9. The summed E-state index contributed by atoms with van der Waals surface area (Å²) in [7, 11) is 1.22. The molecule has 1 saturated heterocycles. The van der Waals surface area contributed by atoms with E-state index in [0.717, 1.165) is 41.9 Å². The van der Waals surface area contributed by atoms with Crippen LogP contribution in [0.25, 0.3) is 0 Å². The quantitative estimate of drug-likeness (QED) is 0.146. The second-order valence-corrected chi connectivity index (χ2v) is 26.1. The standard InChI is InChI=1S/C37H68O6Si2/c1-19-20-28-30(35(40-14)34(39-13)27(5)32(28)38-12)33-26(4)31(43-45(17,18)37(9,10)11)25(3)29(42-33)22-21-24(2)23-41-44(15,16)36(6,7)8/h19,24-26,29,31,33H,1,20-23H2,2-18H3/t24-,25-,26+,29+,31-,33+/m0/s1. The Morgan fingerprint density at radius 3 is 1.84 bits per heavy atom. The van der Waals surface area contributed by atoms with Crippen LogP contribution in [0.4, 0.5) is 0 Å². The number of allylic oxidation sites excluding steroid dienone is 1. The summed E-state index contributed by atoms with van der Waals surface area (Å²) in [5.74, 6) is 2.91. The Kier molecular flexibility index (Phi) is 13.5. The Morgan fingerprint density at radius 1 is 0.844 bits per heavy atom. The van der Waals surface area contributed by atoms with Crippen LogP contribution in [0.5, 0.6) is 17.2 Å². The maximum atomic E-state index is 7.31. The molecule has 8 heteroatoms. The molecule has 0 bridgehead atoms. The summed E-state index contributed by atoms with van der Waals surface area (Å²) in [6.07, 6.45) is 4.27. The molecule has 45 heavy (non-hydrogen) atoms. The van der Waals surface area contributed by atoms with E-state index in [1.165, 1.54) is 0 Å². The molecular formula is C37H68O6Si2. The Balaban J connectivity index is 2.62. The van der Waals surface area contributed by atoms with E-state index >= 15 is 0 Å². The highest BCUT2D eigenvalue weighted by Crippen LogP contribution is 2.53. The van der Waals surface area contributed by atoms with Crippen LogP contribution in [0.3, 0.4) is 0 Å². The third-order valence-corrected chi connectivity index (χ3v) is 20.1. The fourth-order valence-electron chi connectivity index (χ4n) is 6.05. The first-order valence-electron chi connectivity index (χ1n) is 17.0. The van der Waals surface area contributed by atoms with E-state index in [0.29, 0.717) is 23.8 Å². The van der Waals surface area contributed by atoms with Crippen LogP contribution >= 0.6 is 0 Å². The summed E-state index contributed by atoms with van der Waals surface area (Å²) >= 11 is 0. The summed E-state index contributed by atoms with van der Waals surface area (Å²) in [4.78, 5) is 0. The zero-order valence-corrected chi connectivity index (χ0v) is 34.0. The minimum Gasteiger partial charge on any atom is -0.496 e. The maximum Gasteiger partial charge on any atom is 0.192 e. The van der Waals surface area contributed by atoms with E-state index in [4.69, 9.17) is 27.8 Å². The number of hydrogen-bond acceptors (Lipinski definition) is 6. The van der Waals surface area contributed by atoms with Crippen molar-refractivity contribution in [2.45, 2.75) is 143 Å². The van der Waals surface area contributed by atoms with Gasteiger partial charge in [0.1, 0.15) is 5.75 Å². The molecule has 0 N–H and O–H groups in total. The minimum atomic E-state index is -2.10. The van der Waals surface area contributed by atoms with Gasteiger partial charge in [0.05, 0.1) is 39.6 Å². The van der Waals surface area contributed by atoms with Gasteiger partial charge < -0.3 is 27.8 Å². The lowest BCUT2D eigenvalue weighted by atomic mass is 9.77. The molecule has 6 atom stereocenters. The summed E-state index contributed by atoms with van der Waals surface area (Å²) in [6, 6.07) is 0. The molecule has 1 fully saturated rings. The molecule has 1 aromatic carbocycles. The third kappa shape index (κ3) is 8.78. The Morgan fingerprint density at radius 2 is 1.38 bits per heavy atom. The molecule has 0 aliphatic carbocycles. The Hall–Kier alpha value is -1.33. The summed E-state index contributed by atoms with van der Waals surface area (Å²) in [6.45, 7) is 37.0. The van der Waals surface area contributed by atoms with E-state index in [9.17, 15) is 0 Å². The molecule has 0 spiro atoms. The molecule has 0 unspecified atom stereocenters. The van der Waals surface area contributed by atoms with E-state index in [1.54, 1.807) is 21.3 Å². The second-order valence-electron chi connectivity index (χ2n) is 16.5. The van der Waals surface area contributed by atoms with Gasteiger partial charge in [0.2, 0.25) is 0 Å². The van der Waals surface area contributed by atoms with Crippen molar-refractivity contribution in [1.29, 1.82) is 0 Å². The van der Waals surface area contributed by atoms with Crippen LogP contribution < -0.4 is 14.2 Å². The second kappa shape index (κ2) is 15.3. The van der Waals surface area contributed by atoms with Crippen molar-refractivity contribution in [1.82, 2.24) is 0 Å². The lowest BCUT2D eigenvalue weighted by Gasteiger charge is -2.50. The third-order valence-electron chi connectivity index (χ3n) is 11.1. The van der Waals surface area contributed by atoms with Crippen LogP contribution in [0, 0.1) is 24.7 Å². The highest BCUT2D eigenvalue weighted by Gasteiger charge is 2.49. The van der Waals surface area contributed by atoms with Crippen LogP contribution in [-0.2, 0) is 20.0 Å². The molecule has 0 saturated carbocycles. The molecule has 260 valence electrons. The predicted molar refractivity (Wildman–Crippen MR) is 194 cm³/mol. The van der Waals surface area contributed by atoms with Crippen molar-refractivity contribution < 1.29 is 27.8 Å². The van der Waals surface area contributed by atoms with E-state index in [1.807, 2.05) is 13.0 Å². The smallest absolute Gasteiger partial charge is 0.192 e. The fraction of sp³-hybridized carbons (Fsp3) is 0.784. The van der Waals surface area contributed by atoms with Gasteiger partial charge in [0.25, 0.3) is 0 Å². The van der Waals surface area contributed by atoms with Crippen molar-refractivity contribution in [3.8, 4) is 17.2 Å². The predicted octanol–water partition coefficient (Wildman–Crippen LogP) is 10.3. The summed E-state index contributed by atoms with van der Waals surface area (Å²) in [5, 5.41) is 0.289. The van der Waals surface area contributed by atoms with Gasteiger partial charge in [0.15, 0.2) is 28.1 Å². The lowest BCUT2D eigenvalue weighted by Crippen LogP contribution is -2.53. The molecule has 0 aromatic heterocycles. The number of hydrogen-bond donors (Lipinski definition) is 0. The number of ether oxygens (including phenoxy) is 4. The average Bonchev–Trinajstić information content (AvgIpc) is 2.93. The fourth-order valence-corrected chi connectivity index (χ4v) is 8.64. The van der Waals surface area contributed by atoms with Gasteiger partial charge in [-0.25, -0.2) is 0 Å². The van der Waals surface area contributed by atoms with Crippen LogP contribution in [-0.4, -0.2) is 56.8 Å². The number of benzene rings is 1. The summed E-state index contributed by atoms with van der Waals surface area (Å²) < 4.78 is 39.3. The van der Waals surface area contributed by atoms with Crippen molar-refractivity contribution in [3.05, 3.63) is 29.3 Å². The van der Waals surface area contributed by atoms with Gasteiger partial charge >= 0.3 is 0 Å². The van der Waals surface area contributed by atoms with Crippen molar-refractivity contribution >= 4 is 16.6 Å². The summed E-state index contributed by atoms with van der Waals surface area (Å²) in [5.41, 5.74) is 2.93. The zero-order valence-electron chi connectivity index (χ0n) is 32.0. The van der Waals surface area contributed by atoms with Crippen LogP contribution in [0.1, 0.15) is 97.9 Å². The highest BCUT2D eigenvalue weighted by atomic mass is 28.4. The molecule has 2 rings (SSSR count). The molecule has 1 aliphatic heterocycles. The molecular weight excluding hydrogens is 597 g/mol. The molecule has 6 nitrogen and oxygen atoms in total. The van der Waals surface area contributed by atoms with Crippen molar-refractivity contribution in [2.75, 3.05) is 27.9 Å². The molecule has 1 heterocycles. The van der Waals surface area contributed by atoms with E-state index in [2.05, 4.69) is 95.1 Å².